The van der Waals surface area contributed by atoms with Crippen LogP contribution in [0.3, 0.4) is 0 Å². The number of hydrogen-bond donors (Lipinski definition) is 2. The van der Waals surface area contributed by atoms with Gasteiger partial charge in [-0.3, -0.25) is 4.79 Å². The average Bonchev–Trinajstić information content (AvgIpc) is 2.84. The van der Waals surface area contributed by atoms with Crippen LogP contribution < -0.4 is 14.8 Å². The molecule has 0 unspecified atom stereocenters. The van der Waals surface area contributed by atoms with Gasteiger partial charge in [0.15, 0.2) is 0 Å². The Balaban J connectivity index is 1.67. The Morgan fingerprint density at radius 3 is 2.20 bits per heavy atom. The smallest absolute Gasteiger partial charge is 0.493 e. The standard InChI is InChI=1S/C28H30ClNO5/c1-4-5-16-34-25-15-12-22(29)17-24(25)26(31)30-18-28(2,3)21-10-6-19(7-11-21)20-8-13-23(14-9-20)35-27(32)33/h6-15,17H,4-5,16,18H2,1-3H3,(H,30,31)(H,32,33). The predicted molar refractivity (Wildman–Crippen MR) is 138 cm³/mol. The first kappa shape index (κ1) is 26.1. The van der Waals surface area contributed by atoms with Gasteiger partial charge in [-0.2, -0.15) is 0 Å². The first-order valence-electron chi connectivity index (χ1n) is 11.5. The van der Waals surface area contributed by atoms with Crippen molar-refractivity contribution in [2.24, 2.45) is 0 Å². The van der Waals surface area contributed by atoms with Gasteiger partial charge in [-0.25, -0.2) is 4.79 Å². The van der Waals surface area contributed by atoms with Crippen LogP contribution in [0.1, 0.15) is 49.5 Å². The van der Waals surface area contributed by atoms with E-state index in [-0.39, 0.29) is 17.1 Å². The molecule has 0 aliphatic heterocycles. The van der Waals surface area contributed by atoms with Gasteiger partial charge in [0.25, 0.3) is 5.91 Å². The van der Waals surface area contributed by atoms with E-state index in [0.29, 0.717) is 29.5 Å². The van der Waals surface area contributed by atoms with Crippen LogP contribution in [0.2, 0.25) is 5.02 Å². The maximum Gasteiger partial charge on any atom is 0.511 e. The zero-order chi connectivity index (χ0) is 25.4. The van der Waals surface area contributed by atoms with Gasteiger partial charge in [-0.1, -0.05) is 75.2 Å². The molecule has 1 amide bonds. The number of carbonyl (C=O) groups excluding carboxylic acids is 1. The second-order valence-electron chi connectivity index (χ2n) is 8.88. The molecule has 35 heavy (non-hydrogen) atoms. The second-order valence-corrected chi connectivity index (χ2v) is 9.32. The van der Waals surface area contributed by atoms with Gasteiger partial charge < -0.3 is 19.9 Å². The van der Waals surface area contributed by atoms with Gasteiger partial charge in [-0.05, 0) is 53.4 Å². The summed E-state index contributed by atoms with van der Waals surface area (Å²) in [6, 6.07) is 20.0. The molecular formula is C28H30ClNO5. The maximum absolute atomic E-state index is 13.0. The molecule has 3 aromatic rings. The quantitative estimate of drug-likeness (QED) is 0.180. The molecule has 0 saturated carbocycles. The number of nitrogens with one attached hydrogen (secondary N) is 1. The van der Waals surface area contributed by atoms with E-state index < -0.39 is 6.16 Å². The fourth-order valence-electron chi connectivity index (χ4n) is 3.56. The second kappa shape index (κ2) is 11.8. The molecule has 3 rings (SSSR count). The number of halogens is 1. The largest absolute Gasteiger partial charge is 0.511 e. The van der Waals surface area contributed by atoms with E-state index in [0.717, 1.165) is 29.5 Å². The summed E-state index contributed by atoms with van der Waals surface area (Å²) < 4.78 is 10.4. The lowest BCUT2D eigenvalue weighted by Gasteiger charge is -2.26. The van der Waals surface area contributed by atoms with Crippen molar-refractivity contribution in [3.63, 3.8) is 0 Å². The number of benzene rings is 3. The Hall–Kier alpha value is -3.51. The minimum Gasteiger partial charge on any atom is -0.493 e. The molecular weight excluding hydrogens is 466 g/mol. The number of amides is 1. The molecule has 2 N–H and O–H groups in total. The van der Waals surface area contributed by atoms with E-state index in [1.54, 1.807) is 30.3 Å². The molecule has 0 saturated heterocycles. The van der Waals surface area contributed by atoms with E-state index in [4.69, 9.17) is 21.4 Å². The molecule has 3 aromatic carbocycles. The molecule has 0 heterocycles. The van der Waals surface area contributed by atoms with Crippen molar-refractivity contribution in [2.75, 3.05) is 13.2 Å². The Bertz CT molecular complexity index is 1160. The number of carboxylic acid groups (broad SMARTS) is 1. The highest BCUT2D eigenvalue weighted by Gasteiger charge is 2.23. The zero-order valence-electron chi connectivity index (χ0n) is 20.1. The Morgan fingerprint density at radius 2 is 1.60 bits per heavy atom. The topological polar surface area (TPSA) is 84.9 Å². The van der Waals surface area contributed by atoms with Crippen molar-refractivity contribution in [2.45, 2.75) is 39.0 Å². The SMILES string of the molecule is CCCCOc1ccc(Cl)cc1C(=O)NCC(C)(C)c1ccc(-c2ccc(OC(=O)O)cc2)cc1. The van der Waals surface area contributed by atoms with Gasteiger partial charge in [0.05, 0.1) is 12.2 Å². The van der Waals surface area contributed by atoms with Crippen molar-refractivity contribution in [3.8, 4) is 22.6 Å². The first-order valence-corrected chi connectivity index (χ1v) is 11.9. The van der Waals surface area contributed by atoms with Crippen LogP contribution in [0, 0.1) is 0 Å². The molecule has 0 aromatic heterocycles. The number of ether oxygens (including phenoxy) is 2. The number of hydrogen-bond acceptors (Lipinski definition) is 4. The van der Waals surface area contributed by atoms with E-state index >= 15 is 0 Å². The number of carbonyl (C=O) groups is 2. The third-order valence-electron chi connectivity index (χ3n) is 5.69. The molecule has 184 valence electrons. The first-order chi connectivity index (χ1) is 16.7. The fourth-order valence-corrected chi connectivity index (χ4v) is 3.73. The van der Waals surface area contributed by atoms with Crippen LogP contribution in [0.4, 0.5) is 4.79 Å². The summed E-state index contributed by atoms with van der Waals surface area (Å²) in [4.78, 5) is 23.6. The van der Waals surface area contributed by atoms with E-state index in [9.17, 15) is 9.59 Å². The van der Waals surface area contributed by atoms with Crippen molar-refractivity contribution >= 4 is 23.7 Å². The molecule has 0 aliphatic rings. The van der Waals surface area contributed by atoms with E-state index in [1.807, 2.05) is 36.4 Å². The molecule has 0 fully saturated rings. The number of unbranched alkanes of at least 4 members (excludes halogenated alkanes) is 1. The van der Waals surface area contributed by atoms with Crippen LogP contribution in [0.25, 0.3) is 11.1 Å². The van der Waals surface area contributed by atoms with Crippen molar-refractivity contribution in [3.05, 3.63) is 82.9 Å². The van der Waals surface area contributed by atoms with Gasteiger partial charge in [0.1, 0.15) is 11.5 Å². The van der Waals surface area contributed by atoms with Crippen molar-refractivity contribution < 1.29 is 24.2 Å². The highest BCUT2D eigenvalue weighted by molar-refractivity contribution is 6.31. The fraction of sp³-hybridized carbons (Fsp3) is 0.286. The monoisotopic (exact) mass is 495 g/mol. The van der Waals surface area contributed by atoms with E-state index in [2.05, 4.69) is 30.8 Å². The van der Waals surface area contributed by atoms with Gasteiger partial charge in [-0.15, -0.1) is 0 Å². The highest BCUT2D eigenvalue weighted by atomic mass is 35.5. The van der Waals surface area contributed by atoms with Gasteiger partial charge >= 0.3 is 6.16 Å². The van der Waals surface area contributed by atoms with Crippen LogP contribution in [0.5, 0.6) is 11.5 Å². The predicted octanol–water partition coefficient (Wildman–Crippen LogP) is 6.95. The maximum atomic E-state index is 13.0. The Morgan fingerprint density at radius 1 is 0.971 bits per heavy atom. The third-order valence-corrected chi connectivity index (χ3v) is 5.93. The molecule has 7 heteroatoms. The number of rotatable bonds is 10. The molecule has 0 aliphatic carbocycles. The van der Waals surface area contributed by atoms with Crippen molar-refractivity contribution in [1.82, 2.24) is 5.32 Å². The molecule has 0 bridgehead atoms. The lowest BCUT2D eigenvalue weighted by molar-refractivity contribution is 0.0941. The summed E-state index contributed by atoms with van der Waals surface area (Å²) in [5.41, 5.74) is 3.10. The summed E-state index contributed by atoms with van der Waals surface area (Å²) >= 11 is 6.14. The van der Waals surface area contributed by atoms with E-state index in [1.165, 1.54) is 0 Å². The highest BCUT2D eigenvalue weighted by Crippen LogP contribution is 2.28. The minimum atomic E-state index is -1.34. The molecule has 6 nitrogen and oxygen atoms in total. The van der Waals surface area contributed by atoms with Gasteiger partial charge in [0, 0.05) is 17.0 Å². The lowest BCUT2D eigenvalue weighted by atomic mass is 9.83. The third kappa shape index (κ3) is 7.23. The Kier molecular flexibility index (Phi) is 8.77. The minimum absolute atomic E-state index is 0.229. The van der Waals surface area contributed by atoms with Crippen molar-refractivity contribution in [1.29, 1.82) is 0 Å². The normalized spacial score (nSPS) is 11.1. The van der Waals surface area contributed by atoms with Crippen LogP contribution in [-0.4, -0.2) is 30.3 Å². The lowest BCUT2D eigenvalue weighted by Crippen LogP contribution is -2.36. The summed E-state index contributed by atoms with van der Waals surface area (Å²) in [6.45, 7) is 7.19. The molecule has 0 radical (unpaired) electrons. The Labute approximate surface area is 210 Å². The summed E-state index contributed by atoms with van der Waals surface area (Å²) in [6.07, 6.45) is 0.575. The van der Waals surface area contributed by atoms with Crippen LogP contribution in [-0.2, 0) is 5.41 Å². The van der Waals surface area contributed by atoms with Gasteiger partial charge in [0.2, 0.25) is 0 Å². The average molecular weight is 496 g/mol. The molecule has 0 atom stereocenters. The van der Waals surface area contributed by atoms with Crippen LogP contribution in [0.15, 0.2) is 66.7 Å². The zero-order valence-corrected chi connectivity index (χ0v) is 20.9. The van der Waals surface area contributed by atoms with Crippen LogP contribution >= 0.6 is 11.6 Å². The summed E-state index contributed by atoms with van der Waals surface area (Å²) in [7, 11) is 0. The molecule has 0 spiro atoms. The summed E-state index contributed by atoms with van der Waals surface area (Å²) in [5, 5.41) is 12.2. The summed E-state index contributed by atoms with van der Waals surface area (Å²) in [5.74, 6) is 0.572.